The molecule has 0 aromatic heterocycles. The van der Waals surface area contributed by atoms with Crippen molar-refractivity contribution in [1.29, 1.82) is 0 Å². The maximum absolute atomic E-state index is 12.0. The lowest BCUT2D eigenvalue weighted by atomic mass is 10.1. The van der Waals surface area contributed by atoms with E-state index >= 15 is 0 Å². The summed E-state index contributed by atoms with van der Waals surface area (Å²) in [7, 11) is 0. The Hall–Kier alpha value is -1.88. The number of nitrogens with two attached hydrogens (primary N) is 1. The van der Waals surface area contributed by atoms with Gasteiger partial charge < -0.3 is 16.4 Å². The molecule has 5 heteroatoms. The van der Waals surface area contributed by atoms with Crippen molar-refractivity contribution in [3.05, 3.63) is 35.4 Å². The highest BCUT2D eigenvalue weighted by atomic mass is 16.2. The zero-order chi connectivity index (χ0) is 16.7. The van der Waals surface area contributed by atoms with Gasteiger partial charge in [0.1, 0.15) is 0 Å². The first-order valence-electron chi connectivity index (χ1n) is 8.45. The van der Waals surface area contributed by atoms with E-state index in [1.807, 2.05) is 19.1 Å². The Balaban J connectivity index is 1.79. The third-order valence-corrected chi connectivity index (χ3v) is 4.42. The number of hydrogen-bond donors (Lipinski definition) is 3. The first kappa shape index (κ1) is 17.5. The van der Waals surface area contributed by atoms with Crippen molar-refractivity contribution >= 4 is 11.8 Å². The molecule has 0 saturated heterocycles. The van der Waals surface area contributed by atoms with E-state index in [1.165, 1.54) is 0 Å². The van der Waals surface area contributed by atoms with E-state index in [1.54, 1.807) is 12.1 Å². The summed E-state index contributed by atoms with van der Waals surface area (Å²) in [5.74, 6) is 0.514. The fraction of sp³-hybridized carbons (Fsp3) is 0.556. The first-order chi connectivity index (χ1) is 11.1. The number of benzene rings is 1. The van der Waals surface area contributed by atoms with Crippen LogP contribution < -0.4 is 16.4 Å². The zero-order valence-corrected chi connectivity index (χ0v) is 13.8. The summed E-state index contributed by atoms with van der Waals surface area (Å²) >= 11 is 0. The number of carbonyl (C=O) groups excluding carboxylic acids is 2. The highest BCUT2D eigenvalue weighted by Gasteiger charge is 2.22. The van der Waals surface area contributed by atoms with Crippen molar-refractivity contribution in [1.82, 2.24) is 10.6 Å². The van der Waals surface area contributed by atoms with Crippen molar-refractivity contribution in [2.24, 2.45) is 17.6 Å². The Bertz CT molecular complexity index is 522. The molecule has 126 valence electrons. The Morgan fingerprint density at radius 3 is 2.43 bits per heavy atom. The minimum Gasteiger partial charge on any atom is -0.352 e. The SMILES string of the molecule is CC(CN)CNC(=O)c1ccc(CNC(=O)C2CCCC2)cc1. The molecule has 1 unspecified atom stereocenters. The molecule has 1 aromatic carbocycles. The topological polar surface area (TPSA) is 84.2 Å². The van der Waals surface area contributed by atoms with Gasteiger partial charge in [-0.2, -0.15) is 0 Å². The van der Waals surface area contributed by atoms with Gasteiger partial charge in [-0.15, -0.1) is 0 Å². The van der Waals surface area contributed by atoms with Crippen LogP contribution in [-0.2, 0) is 11.3 Å². The summed E-state index contributed by atoms with van der Waals surface area (Å²) in [5.41, 5.74) is 7.16. The molecule has 4 N–H and O–H groups in total. The quantitative estimate of drug-likeness (QED) is 0.717. The van der Waals surface area contributed by atoms with Crippen molar-refractivity contribution in [2.75, 3.05) is 13.1 Å². The van der Waals surface area contributed by atoms with E-state index in [-0.39, 0.29) is 23.7 Å². The molecule has 2 rings (SSSR count). The smallest absolute Gasteiger partial charge is 0.251 e. The largest absolute Gasteiger partial charge is 0.352 e. The van der Waals surface area contributed by atoms with Gasteiger partial charge in [-0.05, 0) is 43.0 Å². The van der Waals surface area contributed by atoms with Crippen molar-refractivity contribution in [3.63, 3.8) is 0 Å². The lowest BCUT2D eigenvalue weighted by Gasteiger charge is -2.12. The van der Waals surface area contributed by atoms with Crippen LogP contribution in [0.25, 0.3) is 0 Å². The molecule has 0 aliphatic heterocycles. The highest BCUT2D eigenvalue weighted by Crippen LogP contribution is 2.24. The Kier molecular flexibility index (Phi) is 6.59. The molecule has 1 aliphatic carbocycles. The van der Waals surface area contributed by atoms with Gasteiger partial charge in [-0.1, -0.05) is 31.9 Å². The Morgan fingerprint density at radius 1 is 1.17 bits per heavy atom. The third kappa shape index (κ3) is 5.36. The van der Waals surface area contributed by atoms with Crippen molar-refractivity contribution in [3.8, 4) is 0 Å². The van der Waals surface area contributed by atoms with E-state index in [2.05, 4.69) is 10.6 Å². The van der Waals surface area contributed by atoms with Gasteiger partial charge in [0.25, 0.3) is 5.91 Å². The van der Waals surface area contributed by atoms with E-state index in [0.717, 1.165) is 31.2 Å². The van der Waals surface area contributed by atoms with Crippen molar-refractivity contribution < 1.29 is 9.59 Å². The lowest BCUT2D eigenvalue weighted by molar-refractivity contribution is -0.124. The normalized spacial score (nSPS) is 16.1. The van der Waals surface area contributed by atoms with Crippen LogP contribution in [0, 0.1) is 11.8 Å². The van der Waals surface area contributed by atoms with Crippen LogP contribution in [0.4, 0.5) is 0 Å². The molecular weight excluding hydrogens is 290 g/mol. The van der Waals surface area contributed by atoms with Gasteiger partial charge in [-0.25, -0.2) is 0 Å². The Labute approximate surface area is 138 Å². The molecule has 5 nitrogen and oxygen atoms in total. The second kappa shape index (κ2) is 8.67. The molecule has 0 heterocycles. The molecule has 2 amide bonds. The van der Waals surface area contributed by atoms with Crippen LogP contribution >= 0.6 is 0 Å². The van der Waals surface area contributed by atoms with Crippen LogP contribution in [0.5, 0.6) is 0 Å². The number of nitrogens with one attached hydrogen (secondary N) is 2. The standard InChI is InChI=1S/C18H27N3O2/c1-13(10-19)11-20-18(23)16-8-6-14(7-9-16)12-21-17(22)15-4-2-3-5-15/h6-9,13,15H,2-5,10-12,19H2,1H3,(H,20,23)(H,21,22). The minimum atomic E-state index is -0.0909. The van der Waals surface area contributed by atoms with Gasteiger partial charge in [0.05, 0.1) is 0 Å². The lowest BCUT2D eigenvalue weighted by Crippen LogP contribution is -2.31. The number of amides is 2. The second-order valence-electron chi connectivity index (χ2n) is 6.45. The first-order valence-corrected chi connectivity index (χ1v) is 8.45. The van der Waals surface area contributed by atoms with E-state index in [9.17, 15) is 9.59 Å². The van der Waals surface area contributed by atoms with Crippen LogP contribution in [0.2, 0.25) is 0 Å². The van der Waals surface area contributed by atoms with Crippen LogP contribution in [0.1, 0.15) is 48.5 Å². The highest BCUT2D eigenvalue weighted by molar-refractivity contribution is 5.94. The van der Waals surface area contributed by atoms with Gasteiger partial charge in [-0.3, -0.25) is 9.59 Å². The molecule has 0 radical (unpaired) electrons. The van der Waals surface area contributed by atoms with Gasteiger partial charge in [0, 0.05) is 24.6 Å². The van der Waals surface area contributed by atoms with Gasteiger partial charge in [0.15, 0.2) is 0 Å². The predicted molar refractivity (Wildman–Crippen MR) is 90.8 cm³/mol. The Morgan fingerprint density at radius 2 is 1.83 bits per heavy atom. The third-order valence-electron chi connectivity index (χ3n) is 4.42. The summed E-state index contributed by atoms with van der Waals surface area (Å²) < 4.78 is 0. The number of hydrogen-bond acceptors (Lipinski definition) is 3. The maximum Gasteiger partial charge on any atom is 0.251 e. The molecule has 23 heavy (non-hydrogen) atoms. The van der Waals surface area contributed by atoms with Crippen LogP contribution in [-0.4, -0.2) is 24.9 Å². The molecule has 1 fully saturated rings. The van der Waals surface area contributed by atoms with Crippen molar-refractivity contribution in [2.45, 2.75) is 39.2 Å². The summed E-state index contributed by atoms with van der Waals surface area (Å²) in [6.07, 6.45) is 4.33. The van der Waals surface area contributed by atoms with Gasteiger partial charge in [0.2, 0.25) is 5.91 Å². The fourth-order valence-electron chi connectivity index (χ4n) is 2.75. The van der Waals surface area contributed by atoms with E-state index in [0.29, 0.717) is 25.2 Å². The second-order valence-corrected chi connectivity index (χ2v) is 6.45. The summed E-state index contributed by atoms with van der Waals surface area (Å²) in [5, 5.41) is 5.85. The molecule has 1 aliphatic rings. The molecule has 1 atom stereocenters. The summed E-state index contributed by atoms with van der Waals surface area (Å²) in [4.78, 5) is 24.0. The molecular formula is C18H27N3O2. The van der Waals surface area contributed by atoms with Gasteiger partial charge >= 0.3 is 0 Å². The zero-order valence-electron chi connectivity index (χ0n) is 13.8. The number of carbonyl (C=O) groups is 2. The molecule has 1 aromatic rings. The number of rotatable bonds is 7. The monoisotopic (exact) mass is 317 g/mol. The summed E-state index contributed by atoms with van der Waals surface area (Å²) in [6, 6.07) is 7.35. The molecule has 0 bridgehead atoms. The predicted octanol–water partition coefficient (Wildman–Crippen LogP) is 1.82. The van der Waals surface area contributed by atoms with E-state index < -0.39 is 0 Å². The average Bonchev–Trinajstić information content (AvgIpc) is 3.12. The van der Waals surface area contributed by atoms with E-state index in [4.69, 9.17) is 5.73 Å². The minimum absolute atomic E-state index is 0.0909. The maximum atomic E-state index is 12.0. The average molecular weight is 317 g/mol. The molecule has 1 saturated carbocycles. The van der Waals surface area contributed by atoms with Crippen LogP contribution in [0.3, 0.4) is 0 Å². The summed E-state index contributed by atoms with van der Waals surface area (Å²) in [6.45, 7) is 3.65. The molecule has 0 spiro atoms. The fourth-order valence-corrected chi connectivity index (χ4v) is 2.75. The van der Waals surface area contributed by atoms with Crippen LogP contribution in [0.15, 0.2) is 24.3 Å².